The SMILES string of the molecule is CC1CCC(Cn2c(C(C)(O)c3ccccn3)nc3nc(C#N)nc(N[C@H](C)C4CCC4)c32)CC1. The topological polar surface area (TPSA) is 113 Å². The fraction of sp³-hybridized carbons (Fsp3) is 0.593. The molecule has 0 saturated heterocycles. The second-order valence-corrected chi connectivity index (χ2v) is 10.8. The second kappa shape index (κ2) is 9.54. The van der Waals surface area contributed by atoms with E-state index >= 15 is 0 Å². The highest BCUT2D eigenvalue weighted by Crippen LogP contribution is 2.37. The van der Waals surface area contributed by atoms with Crippen LogP contribution in [0.25, 0.3) is 11.2 Å². The maximum atomic E-state index is 11.8. The molecule has 0 spiro atoms. The van der Waals surface area contributed by atoms with E-state index in [1.54, 1.807) is 13.1 Å². The Hall–Kier alpha value is -3.05. The van der Waals surface area contributed by atoms with E-state index in [2.05, 4.69) is 44.8 Å². The van der Waals surface area contributed by atoms with Crippen molar-refractivity contribution in [2.45, 2.75) is 83.9 Å². The molecule has 0 aliphatic heterocycles. The Morgan fingerprint density at radius 2 is 1.94 bits per heavy atom. The molecule has 1 unspecified atom stereocenters. The molecule has 0 radical (unpaired) electrons. The summed E-state index contributed by atoms with van der Waals surface area (Å²) in [5.41, 5.74) is 0.308. The zero-order valence-corrected chi connectivity index (χ0v) is 20.9. The molecule has 0 amide bonds. The Bertz CT molecular complexity index is 1220. The van der Waals surface area contributed by atoms with Gasteiger partial charge in [0.25, 0.3) is 0 Å². The Labute approximate surface area is 206 Å². The molecule has 3 aromatic rings. The molecule has 0 aromatic carbocycles. The van der Waals surface area contributed by atoms with Crippen LogP contribution in [0.5, 0.6) is 0 Å². The van der Waals surface area contributed by atoms with Crippen molar-refractivity contribution in [2.75, 3.05) is 5.32 Å². The minimum Gasteiger partial charge on any atom is -0.376 e. The quantitative estimate of drug-likeness (QED) is 0.508. The first-order valence-electron chi connectivity index (χ1n) is 13.0. The van der Waals surface area contributed by atoms with Crippen LogP contribution in [0.4, 0.5) is 5.82 Å². The molecule has 35 heavy (non-hydrogen) atoms. The zero-order chi connectivity index (χ0) is 24.6. The molecule has 3 heterocycles. The molecule has 2 aliphatic rings. The summed E-state index contributed by atoms with van der Waals surface area (Å²) < 4.78 is 2.10. The highest BCUT2D eigenvalue weighted by molar-refractivity contribution is 5.84. The van der Waals surface area contributed by atoms with Gasteiger partial charge in [0.1, 0.15) is 17.4 Å². The molecule has 2 saturated carbocycles. The number of rotatable bonds is 7. The summed E-state index contributed by atoms with van der Waals surface area (Å²) >= 11 is 0. The molecule has 184 valence electrons. The number of pyridine rings is 1. The molecule has 2 fully saturated rings. The van der Waals surface area contributed by atoms with Gasteiger partial charge < -0.3 is 15.0 Å². The van der Waals surface area contributed by atoms with Crippen molar-refractivity contribution in [2.24, 2.45) is 17.8 Å². The first-order valence-corrected chi connectivity index (χ1v) is 13.0. The second-order valence-electron chi connectivity index (χ2n) is 10.8. The van der Waals surface area contributed by atoms with Crippen molar-refractivity contribution in [3.8, 4) is 6.07 Å². The first kappa shape index (κ1) is 23.7. The van der Waals surface area contributed by atoms with Gasteiger partial charge in [0.05, 0.1) is 5.69 Å². The summed E-state index contributed by atoms with van der Waals surface area (Å²) in [6.45, 7) is 6.96. The van der Waals surface area contributed by atoms with Gasteiger partial charge in [-0.1, -0.05) is 32.3 Å². The van der Waals surface area contributed by atoms with E-state index in [0.29, 0.717) is 34.8 Å². The Kier molecular flexibility index (Phi) is 6.45. The molecule has 3 aromatic heterocycles. The van der Waals surface area contributed by atoms with Gasteiger partial charge in [-0.25, -0.2) is 4.98 Å². The molecule has 2 aliphatic carbocycles. The molecule has 8 heteroatoms. The standard InChI is InChI=1S/C27H35N7O/c1-17-10-12-19(13-11-17)16-34-23-24(30-18(2)20-7-6-8-20)31-22(15-28)32-25(23)33-26(34)27(3,35)21-9-4-5-14-29-21/h4-5,9,14,17-20,35H,6-8,10-13,16H2,1-3H3,(H,30,31,32)/t17?,18-,19?,27?/m1/s1. The number of nitrogens with one attached hydrogen (secondary N) is 1. The van der Waals surface area contributed by atoms with Gasteiger partial charge in [0.15, 0.2) is 17.1 Å². The third kappa shape index (κ3) is 4.62. The Morgan fingerprint density at radius 1 is 1.17 bits per heavy atom. The minimum absolute atomic E-state index is 0.0842. The minimum atomic E-state index is -1.42. The van der Waals surface area contributed by atoms with Crippen molar-refractivity contribution in [1.29, 1.82) is 5.26 Å². The number of anilines is 1. The van der Waals surface area contributed by atoms with Crippen molar-refractivity contribution in [3.63, 3.8) is 0 Å². The van der Waals surface area contributed by atoms with Gasteiger partial charge in [-0.15, -0.1) is 0 Å². The van der Waals surface area contributed by atoms with Crippen molar-refractivity contribution in [3.05, 3.63) is 41.7 Å². The van der Waals surface area contributed by atoms with E-state index in [1.807, 2.05) is 18.2 Å². The summed E-state index contributed by atoms with van der Waals surface area (Å²) in [7, 11) is 0. The van der Waals surface area contributed by atoms with Crippen LogP contribution >= 0.6 is 0 Å². The highest BCUT2D eigenvalue weighted by atomic mass is 16.3. The van der Waals surface area contributed by atoms with E-state index in [0.717, 1.165) is 30.8 Å². The van der Waals surface area contributed by atoms with Crippen LogP contribution in [0.15, 0.2) is 24.4 Å². The number of fused-ring (bicyclic) bond motifs is 1. The lowest BCUT2D eigenvalue weighted by Crippen LogP contribution is -2.32. The van der Waals surface area contributed by atoms with Crippen LogP contribution < -0.4 is 5.32 Å². The summed E-state index contributed by atoms with van der Waals surface area (Å²) in [6, 6.07) is 7.84. The lowest BCUT2D eigenvalue weighted by Gasteiger charge is -2.32. The van der Waals surface area contributed by atoms with Gasteiger partial charge in [-0.2, -0.15) is 15.2 Å². The molecule has 5 rings (SSSR count). The monoisotopic (exact) mass is 473 g/mol. The Balaban J connectivity index is 1.65. The predicted molar refractivity (Wildman–Crippen MR) is 134 cm³/mol. The van der Waals surface area contributed by atoms with Crippen LogP contribution in [0, 0.1) is 29.1 Å². The van der Waals surface area contributed by atoms with Crippen LogP contribution in [0.2, 0.25) is 0 Å². The third-order valence-electron chi connectivity index (χ3n) is 8.10. The molecular formula is C27H35N7O. The first-order chi connectivity index (χ1) is 16.9. The van der Waals surface area contributed by atoms with Crippen molar-refractivity contribution < 1.29 is 5.11 Å². The van der Waals surface area contributed by atoms with E-state index in [9.17, 15) is 10.4 Å². The molecule has 2 N–H and O–H groups in total. The predicted octanol–water partition coefficient (Wildman–Crippen LogP) is 4.78. The number of aliphatic hydroxyl groups is 1. The van der Waals surface area contributed by atoms with Gasteiger partial charge in [-0.05, 0) is 69.4 Å². The van der Waals surface area contributed by atoms with Gasteiger partial charge in [-0.3, -0.25) is 4.98 Å². The highest BCUT2D eigenvalue weighted by Gasteiger charge is 2.36. The summed E-state index contributed by atoms with van der Waals surface area (Å²) in [5.74, 6) is 3.04. The van der Waals surface area contributed by atoms with Crippen molar-refractivity contribution in [1.82, 2.24) is 24.5 Å². The lowest BCUT2D eigenvalue weighted by molar-refractivity contribution is 0.0820. The lowest BCUT2D eigenvalue weighted by atomic mass is 9.80. The maximum absolute atomic E-state index is 11.8. The number of hydrogen-bond acceptors (Lipinski definition) is 7. The number of imidazole rings is 1. The average molecular weight is 474 g/mol. The fourth-order valence-electron chi connectivity index (χ4n) is 5.54. The molecule has 8 nitrogen and oxygen atoms in total. The smallest absolute Gasteiger partial charge is 0.236 e. The van der Waals surface area contributed by atoms with Gasteiger partial charge >= 0.3 is 0 Å². The Morgan fingerprint density at radius 3 is 2.57 bits per heavy atom. The zero-order valence-electron chi connectivity index (χ0n) is 20.9. The average Bonchev–Trinajstić information content (AvgIpc) is 3.19. The molecule has 2 atom stereocenters. The van der Waals surface area contributed by atoms with E-state index in [-0.39, 0.29) is 11.9 Å². The van der Waals surface area contributed by atoms with Crippen LogP contribution in [-0.2, 0) is 12.1 Å². The maximum Gasteiger partial charge on any atom is 0.236 e. The third-order valence-corrected chi connectivity index (χ3v) is 8.10. The molecule has 0 bridgehead atoms. The summed E-state index contributed by atoms with van der Waals surface area (Å²) in [4.78, 5) is 18.3. The number of nitrogens with zero attached hydrogens (tertiary/aromatic N) is 6. The van der Waals surface area contributed by atoms with Crippen LogP contribution in [0.1, 0.15) is 83.1 Å². The van der Waals surface area contributed by atoms with E-state index < -0.39 is 5.60 Å². The fourth-order valence-corrected chi connectivity index (χ4v) is 5.54. The normalized spacial score (nSPS) is 23.3. The van der Waals surface area contributed by atoms with Gasteiger partial charge in [0.2, 0.25) is 5.82 Å². The largest absolute Gasteiger partial charge is 0.376 e. The van der Waals surface area contributed by atoms with Crippen LogP contribution in [0.3, 0.4) is 0 Å². The van der Waals surface area contributed by atoms with Crippen molar-refractivity contribution >= 4 is 17.0 Å². The van der Waals surface area contributed by atoms with Gasteiger partial charge in [0, 0.05) is 18.8 Å². The number of nitriles is 1. The van der Waals surface area contributed by atoms with E-state index in [1.165, 1.54) is 32.1 Å². The number of hydrogen-bond donors (Lipinski definition) is 2. The summed E-state index contributed by atoms with van der Waals surface area (Å²) in [6.07, 6.45) is 10.0. The molecular weight excluding hydrogens is 438 g/mol. The number of aromatic nitrogens is 5. The van der Waals surface area contributed by atoms with Crippen LogP contribution in [-0.4, -0.2) is 35.7 Å². The van der Waals surface area contributed by atoms with E-state index in [4.69, 9.17) is 4.98 Å². The summed E-state index contributed by atoms with van der Waals surface area (Å²) in [5, 5.41) is 25.0.